The second kappa shape index (κ2) is 4.08. The summed E-state index contributed by atoms with van der Waals surface area (Å²) in [5.74, 6) is -3.08. The fourth-order valence-electron chi connectivity index (χ4n) is 1.12. The Morgan fingerprint density at radius 2 is 1.69 bits per heavy atom. The van der Waals surface area contributed by atoms with Gasteiger partial charge in [-0.1, -0.05) is 0 Å². The molecule has 1 rings (SSSR count). The van der Waals surface area contributed by atoms with Crippen LogP contribution in [0.4, 0.5) is 14.5 Å². The predicted molar refractivity (Wildman–Crippen MR) is 55.9 cm³/mol. The maximum Gasteiger partial charge on any atom is 0.344 e. The lowest BCUT2D eigenvalue weighted by molar-refractivity contribution is 0.00597. The van der Waals surface area contributed by atoms with E-state index in [0.29, 0.717) is 0 Å². The van der Waals surface area contributed by atoms with E-state index in [-0.39, 0.29) is 5.69 Å². The Morgan fingerprint density at radius 3 is 2.06 bits per heavy atom. The molecule has 1 aromatic carbocycles. The van der Waals surface area contributed by atoms with Gasteiger partial charge in [0.25, 0.3) is 0 Å². The number of carbonyl (C=O) groups is 1. The van der Waals surface area contributed by atoms with Gasteiger partial charge in [-0.2, -0.15) is 0 Å². The fraction of sp³-hybridized carbons (Fsp3) is 0.364. The molecule has 88 valence electrons. The standard InChI is InChI=1S/C11H13F2NO2/c1-11(2,3)16-10(15)9-7(12)4-6(14)5-8(9)13/h4-5H,14H2,1-3H3. The first-order valence-corrected chi connectivity index (χ1v) is 4.68. The van der Waals surface area contributed by atoms with Crippen LogP contribution in [0.25, 0.3) is 0 Å². The van der Waals surface area contributed by atoms with Gasteiger partial charge < -0.3 is 10.5 Å². The predicted octanol–water partition coefficient (Wildman–Crippen LogP) is 2.50. The molecule has 3 nitrogen and oxygen atoms in total. The van der Waals surface area contributed by atoms with Crippen LogP contribution in [-0.4, -0.2) is 11.6 Å². The Hall–Kier alpha value is -1.65. The van der Waals surface area contributed by atoms with E-state index in [9.17, 15) is 13.6 Å². The Kier molecular flexibility index (Phi) is 3.16. The third-order valence-corrected chi connectivity index (χ3v) is 1.67. The van der Waals surface area contributed by atoms with E-state index >= 15 is 0 Å². The number of halogens is 2. The van der Waals surface area contributed by atoms with E-state index in [1.807, 2.05) is 0 Å². The van der Waals surface area contributed by atoms with Crippen LogP contribution in [0.3, 0.4) is 0 Å². The molecule has 0 spiro atoms. The highest BCUT2D eigenvalue weighted by atomic mass is 19.1. The second-order valence-corrected chi connectivity index (χ2v) is 4.36. The van der Waals surface area contributed by atoms with Crippen molar-refractivity contribution in [2.24, 2.45) is 0 Å². The molecular formula is C11H13F2NO2. The zero-order chi connectivity index (χ0) is 12.5. The van der Waals surface area contributed by atoms with Crippen LogP contribution in [-0.2, 0) is 4.74 Å². The van der Waals surface area contributed by atoms with Gasteiger partial charge in [-0.25, -0.2) is 13.6 Å². The molecule has 0 aliphatic rings. The lowest BCUT2D eigenvalue weighted by Gasteiger charge is -2.19. The second-order valence-electron chi connectivity index (χ2n) is 4.36. The molecule has 16 heavy (non-hydrogen) atoms. The van der Waals surface area contributed by atoms with Crippen LogP contribution >= 0.6 is 0 Å². The van der Waals surface area contributed by atoms with Crippen molar-refractivity contribution in [3.8, 4) is 0 Å². The third-order valence-electron chi connectivity index (χ3n) is 1.67. The van der Waals surface area contributed by atoms with Crippen LogP contribution < -0.4 is 5.73 Å². The number of benzene rings is 1. The number of carbonyl (C=O) groups excluding carboxylic acids is 1. The Balaban J connectivity index is 3.10. The largest absolute Gasteiger partial charge is 0.456 e. The number of nitrogens with two attached hydrogens (primary N) is 1. The Labute approximate surface area is 92.2 Å². The molecule has 0 atom stereocenters. The summed E-state index contributed by atoms with van der Waals surface area (Å²) in [4.78, 5) is 11.5. The van der Waals surface area contributed by atoms with Gasteiger partial charge in [-0.3, -0.25) is 0 Å². The molecule has 0 aliphatic heterocycles. The fourth-order valence-corrected chi connectivity index (χ4v) is 1.12. The molecule has 0 fully saturated rings. The number of anilines is 1. The van der Waals surface area contributed by atoms with Crippen molar-refractivity contribution in [2.75, 3.05) is 5.73 Å². The molecule has 0 heterocycles. The lowest BCUT2D eigenvalue weighted by Crippen LogP contribution is -2.25. The molecule has 0 bridgehead atoms. The van der Waals surface area contributed by atoms with Gasteiger partial charge in [0.15, 0.2) is 0 Å². The maximum absolute atomic E-state index is 13.3. The monoisotopic (exact) mass is 229 g/mol. The van der Waals surface area contributed by atoms with Crippen molar-refractivity contribution in [1.29, 1.82) is 0 Å². The molecule has 0 saturated heterocycles. The molecule has 0 radical (unpaired) electrons. The molecule has 0 unspecified atom stereocenters. The summed E-state index contributed by atoms with van der Waals surface area (Å²) >= 11 is 0. The average Bonchev–Trinajstić information content (AvgIpc) is 1.96. The molecule has 0 aliphatic carbocycles. The third kappa shape index (κ3) is 2.92. The normalized spacial score (nSPS) is 11.3. The highest BCUT2D eigenvalue weighted by Crippen LogP contribution is 2.20. The van der Waals surface area contributed by atoms with Crippen LogP contribution in [0.1, 0.15) is 31.1 Å². The molecule has 2 N–H and O–H groups in total. The Bertz CT molecular complexity index is 401. The summed E-state index contributed by atoms with van der Waals surface area (Å²) in [6.45, 7) is 4.83. The summed E-state index contributed by atoms with van der Waals surface area (Å²) < 4.78 is 31.5. The van der Waals surface area contributed by atoms with E-state index < -0.39 is 28.8 Å². The zero-order valence-corrected chi connectivity index (χ0v) is 9.30. The van der Waals surface area contributed by atoms with Gasteiger partial charge in [0.1, 0.15) is 22.8 Å². The molecule has 1 aromatic rings. The van der Waals surface area contributed by atoms with Gasteiger partial charge in [0.05, 0.1) is 0 Å². The van der Waals surface area contributed by atoms with Gasteiger partial charge in [0.2, 0.25) is 0 Å². The van der Waals surface area contributed by atoms with Crippen molar-refractivity contribution < 1.29 is 18.3 Å². The first-order chi connectivity index (χ1) is 7.20. The summed E-state index contributed by atoms with van der Waals surface area (Å²) in [6.07, 6.45) is 0. The minimum atomic E-state index is -1.04. The quantitative estimate of drug-likeness (QED) is 0.594. The van der Waals surface area contributed by atoms with Crippen molar-refractivity contribution >= 4 is 11.7 Å². The van der Waals surface area contributed by atoms with Crippen molar-refractivity contribution in [3.05, 3.63) is 29.3 Å². The van der Waals surface area contributed by atoms with E-state index in [0.717, 1.165) is 12.1 Å². The minimum absolute atomic E-state index is 0.0812. The smallest absolute Gasteiger partial charge is 0.344 e. The first kappa shape index (κ1) is 12.4. The van der Waals surface area contributed by atoms with Crippen LogP contribution in [0.5, 0.6) is 0 Å². The first-order valence-electron chi connectivity index (χ1n) is 4.68. The zero-order valence-electron chi connectivity index (χ0n) is 9.30. The van der Waals surface area contributed by atoms with Crippen LogP contribution in [0, 0.1) is 11.6 Å². The van der Waals surface area contributed by atoms with E-state index in [1.54, 1.807) is 20.8 Å². The summed E-state index contributed by atoms with van der Waals surface area (Å²) in [5.41, 5.74) is 3.62. The maximum atomic E-state index is 13.3. The van der Waals surface area contributed by atoms with Crippen molar-refractivity contribution in [3.63, 3.8) is 0 Å². The minimum Gasteiger partial charge on any atom is -0.456 e. The Morgan fingerprint density at radius 1 is 1.25 bits per heavy atom. The number of ether oxygens (including phenoxy) is 1. The summed E-state index contributed by atoms with van der Waals surface area (Å²) in [7, 11) is 0. The van der Waals surface area contributed by atoms with Gasteiger partial charge in [0, 0.05) is 5.69 Å². The van der Waals surface area contributed by atoms with Gasteiger partial charge >= 0.3 is 5.97 Å². The summed E-state index contributed by atoms with van der Waals surface area (Å²) in [6, 6.07) is 1.75. The topological polar surface area (TPSA) is 52.3 Å². The average molecular weight is 229 g/mol. The van der Waals surface area contributed by atoms with Gasteiger partial charge in [-0.05, 0) is 32.9 Å². The van der Waals surface area contributed by atoms with Crippen molar-refractivity contribution in [1.82, 2.24) is 0 Å². The molecular weight excluding hydrogens is 216 g/mol. The number of hydrogen-bond donors (Lipinski definition) is 1. The van der Waals surface area contributed by atoms with E-state index in [2.05, 4.69) is 0 Å². The van der Waals surface area contributed by atoms with Crippen molar-refractivity contribution in [2.45, 2.75) is 26.4 Å². The van der Waals surface area contributed by atoms with Crippen LogP contribution in [0.15, 0.2) is 12.1 Å². The number of esters is 1. The van der Waals surface area contributed by atoms with Gasteiger partial charge in [-0.15, -0.1) is 0 Å². The highest BCUT2D eigenvalue weighted by Gasteiger charge is 2.24. The lowest BCUT2D eigenvalue weighted by atomic mass is 10.1. The molecule has 0 aromatic heterocycles. The van der Waals surface area contributed by atoms with Crippen LogP contribution in [0.2, 0.25) is 0 Å². The number of hydrogen-bond acceptors (Lipinski definition) is 3. The number of nitrogen functional groups attached to an aromatic ring is 1. The number of rotatable bonds is 1. The molecule has 0 saturated carbocycles. The summed E-state index contributed by atoms with van der Waals surface area (Å²) in [5, 5.41) is 0. The molecule has 5 heteroatoms. The SMILES string of the molecule is CC(C)(C)OC(=O)c1c(F)cc(N)cc1F. The highest BCUT2D eigenvalue weighted by molar-refractivity contribution is 5.90. The van der Waals surface area contributed by atoms with E-state index in [1.165, 1.54) is 0 Å². The molecule has 0 amide bonds. The van der Waals surface area contributed by atoms with E-state index in [4.69, 9.17) is 10.5 Å².